The first-order chi connectivity index (χ1) is 35.7. The number of benzene rings is 5. The molecule has 4 nitrogen and oxygen atoms in total. The number of rotatable bonds is 4. The molecule has 0 atom stereocenters. The molecule has 4 aromatic heterocycles. The Hall–Kier alpha value is -4.96. The van der Waals surface area contributed by atoms with Gasteiger partial charge in [0.2, 0.25) is 0 Å². The van der Waals surface area contributed by atoms with Crippen molar-refractivity contribution >= 4 is 87.8 Å². The van der Waals surface area contributed by atoms with E-state index >= 15 is 9.59 Å². The lowest BCUT2D eigenvalue weighted by molar-refractivity contribution is -0.0963. The zero-order chi connectivity index (χ0) is 53.2. The molecule has 4 fully saturated rings. The van der Waals surface area contributed by atoms with Crippen molar-refractivity contribution < 1.29 is 9.59 Å². The summed E-state index contributed by atoms with van der Waals surface area (Å²) < 4.78 is 5.22. The van der Waals surface area contributed by atoms with Crippen molar-refractivity contribution in [2.24, 2.45) is 32.5 Å². The monoisotopic (exact) mass is 1010 g/mol. The lowest BCUT2D eigenvalue weighted by atomic mass is 9.33. The normalized spacial score (nSPS) is 27.7. The van der Waals surface area contributed by atoms with Crippen LogP contribution in [0, 0.1) is 32.5 Å². The highest BCUT2D eigenvalue weighted by molar-refractivity contribution is 6.30. The number of nitrogens with zero attached hydrogens (tertiary/aromatic N) is 2. The SMILES string of the molecule is CCC1(c2cc3c4cc5c(cc4n4c6cc7c8cc(C9(CC)CCCCC9)cc9c%10cc%11c(cc%10n(c7cc6c(c2)c34)c98)C(=O)C2(C(C)(C)C)CC%11(C(C)(C)C)C2)C(=O)C2(C(C)(C)C)CC5(C(C)(C)C)C2)CCCCC1. The minimum atomic E-state index is -0.366. The Morgan fingerprint density at radius 3 is 0.947 bits per heavy atom. The molecule has 0 amide bonds. The van der Waals surface area contributed by atoms with Gasteiger partial charge in [-0.1, -0.05) is 135 Å². The fraction of sp³-hybridized carbons (Fsp3) is 0.556. The van der Waals surface area contributed by atoms with Crippen molar-refractivity contribution in [2.45, 2.75) is 221 Å². The van der Waals surface area contributed by atoms with Gasteiger partial charge in [-0.2, -0.15) is 0 Å². The number of hydrogen-bond acceptors (Lipinski definition) is 2. The van der Waals surface area contributed by atoms with Crippen molar-refractivity contribution in [3.63, 3.8) is 0 Å². The standard InChI is InChI=1S/C72H84N2O2/c1-15-67(23-19-17-20-24-67)41-27-47-43-31-53-51(61(75)71(65(9,10)11)37-69(53,38-71)63(3,4)5)35-57(43)73-55-34-46-50-30-42(68(16-2)25-21-18-22-26-68)28-48-44-32-54-52(62(76)72(66(12,13)14)39-70(54,40-72)64(6,7)8)36-58(44)74(60(48)50)56(46)33-45(55)49(29-41)59(47)73/h27-36H,15-26,37-40H2,1-14H3. The average molecular weight is 1010 g/mol. The summed E-state index contributed by atoms with van der Waals surface area (Å²) in [6.07, 6.45) is 18.7. The molecule has 4 bridgehead atoms. The van der Waals surface area contributed by atoms with Crippen LogP contribution in [0.1, 0.15) is 243 Å². The zero-order valence-electron chi connectivity index (χ0n) is 48.8. The molecule has 5 aromatic carbocycles. The first kappa shape index (κ1) is 48.2. The number of aromatic nitrogens is 2. The number of ketones is 2. The van der Waals surface area contributed by atoms with Gasteiger partial charge in [-0.25, -0.2) is 0 Å². The third kappa shape index (κ3) is 5.32. The summed E-state index contributed by atoms with van der Waals surface area (Å²) >= 11 is 0. The van der Waals surface area contributed by atoms with Crippen LogP contribution in [0.15, 0.2) is 60.7 Å². The van der Waals surface area contributed by atoms with Gasteiger partial charge in [-0.15, -0.1) is 0 Å². The van der Waals surface area contributed by atoms with Gasteiger partial charge in [0.15, 0.2) is 11.6 Å². The third-order valence-corrected chi connectivity index (χ3v) is 24.9. The summed E-state index contributed by atoms with van der Waals surface area (Å²) in [4.78, 5) is 30.9. The Labute approximate surface area is 451 Å². The number of carbonyl (C=O) groups excluding carboxylic acids is 2. The average Bonchev–Trinajstić information content (AvgIpc) is 4.09. The van der Waals surface area contributed by atoms with Crippen molar-refractivity contribution in [3.05, 3.63) is 94.0 Å². The van der Waals surface area contributed by atoms with Crippen molar-refractivity contribution in [3.8, 4) is 0 Å². The van der Waals surface area contributed by atoms with Crippen LogP contribution < -0.4 is 0 Å². The van der Waals surface area contributed by atoms with Crippen LogP contribution >= 0.6 is 0 Å². The van der Waals surface area contributed by atoms with Gasteiger partial charge in [0.05, 0.1) is 33.1 Å². The van der Waals surface area contributed by atoms with Crippen molar-refractivity contribution in [2.75, 3.05) is 0 Å². The second-order valence-electron chi connectivity index (χ2n) is 31.3. The number of carbonyl (C=O) groups is 2. The maximum Gasteiger partial charge on any atom is 0.169 e. The Bertz CT molecular complexity index is 3790. The molecular formula is C72H84N2O2. The summed E-state index contributed by atoms with van der Waals surface area (Å²) in [5.74, 6) is 0.721. The molecule has 4 heteroatoms. The molecule has 8 aliphatic rings. The van der Waals surface area contributed by atoms with Gasteiger partial charge in [0.25, 0.3) is 0 Å². The van der Waals surface area contributed by atoms with E-state index < -0.39 is 0 Å². The number of hydrogen-bond donors (Lipinski definition) is 0. The molecule has 76 heavy (non-hydrogen) atoms. The van der Waals surface area contributed by atoms with Crippen LogP contribution in [0.4, 0.5) is 0 Å². The highest BCUT2D eigenvalue weighted by Gasteiger charge is 2.72. The van der Waals surface area contributed by atoms with E-state index in [2.05, 4.69) is 166 Å². The molecule has 8 aliphatic carbocycles. The minimum Gasteiger partial charge on any atom is -0.308 e. The number of fused-ring (bicyclic) bond motifs is 12. The first-order valence-corrected chi connectivity index (χ1v) is 30.4. The molecule has 394 valence electrons. The van der Waals surface area contributed by atoms with Gasteiger partial charge >= 0.3 is 0 Å². The highest BCUT2D eigenvalue weighted by atomic mass is 16.1. The van der Waals surface area contributed by atoms with E-state index in [1.165, 1.54) is 163 Å². The van der Waals surface area contributed by atoms with Crippen molar-refractivity contribution in [1.82, 2.24) is 8.80 Å². The van der Waals surface area contributed by atoms with E-state index in [1.807, 2.05) is 0 Å². The van der Waals surface area contributed by atoms with E-state index in [0.717, 1.165) is 49.7 Å². The minimum absolute atomic E-state index is 0.00169. The van der Waals surface area contributed by atoms with E-state index in [4.69, 9.17) is 0 Å². The summed E-state index contributed by atoms with van der Waals surface area (Å²) in [7, 11) is 0. The van der Waals surface area contributed by atoms with Crippen LogP contribution in [0.3, 0.4) is 0 Å². The van der Waals surface area contributed by atoms with E-state index in [1.54, 1.807) is 0 Å². The highest BCUT2D eigenvalue weighted by Crippen LogP contribution is 2.75. The molecular weight excluding hydrogens is 925 g/mol. The van der Waals surface area contributed by atoms with E-state index in [9.17, 15) is 0 Å². The Kier molecular flexibility index (Phi) is 9.04. The fourth-order valence-electron chi connectivity index (χ4n) is 19.4. The maximum absolute atomic E-state index is 15.5. The molecule has 0 radical (unpaired) electrons. The van der Waals surface area contributed by atoms with Gasteiger partial charge < -0.3 is 8.80 Å². The van der Waals surface area contributed by atoms with Crippen molar-refractivity contribution in [1.29, 1.82) is 0 Å². The molecule has 0 N–H and O–H groups in total. The summed E-state index contributed by atoms with van der Waals surface area (Å²) in [5, 5.41) is 10.6. The second-order valence-corrected chi connectivity index (χ2v) is 31.3. The fourth-order valence-corrected chi connectivity index (χ4v) is 19.4. The Morgan fingerprint density at radius 2 is 0.658 bits per heavy atom. The quantitative estimate of drug-likeness (QED) is 0.176. The molecule has 17 rings (SSSR count). The third-order valence-electron chi connectivity index (χ3n) is 24.9. The molecule has 4 saturated carbocycles. The molecule has 0 spiro atoms. The Morgan fingerprint density at radius 1 is 0.368 bits per heavy atom. The van der Waals surface area contributed by atoms with Gasteiger partial charge in [-0.05, 0) is 180 Å². The molecule has 0 saturated heterocycles. The predicted molar refractivity (Wildman–Crippen MR) is 319 cm³/mol. The van der Waals surface area contributed by atoms with Gasteiger partial charge in [0.1, 0.15) is 0 Å². The molecule has 0 unspecified atom stereocenters. The summed E-state index contributed by atoms with van der Waals surface area (Å²) in [6, 6.07) is 25.5. The maximum atomic E-state index is 15.5. The zero-order valence-corrected chi connectivity index (χ0v) is 48.8. The Balaban J connectivity index is 1.09. The lowest BCUT2D eigenvalue weighted by Gasteiger charge is -2.69. The molecule has 9 aromatic rings. The second kappa shape index (κ2) is 14.3. The predicted octanol–water partition coefficient (Wildman–Crippen LogP) is 19.8. The van der Waals surface area contributed by atoms with Crippen LogP contribution in [-0.2, 0) is 21.7 Å². The topological polar surface area (TPSA) is 43.0 Å². The van der Waals surface area contributed by atoms with Gasteiger partial charge in [-0.3, -0.25) is 9.59 Å². The number of Topliss-reactive ketones (excluding diaryl/α,β-unsaturated/α-hetero) is 2. The van der Waals surface area contributed by atoms with Crippen LogP contribution in [0.2, 0.25) is 0 Å². The van der Waals surface area contributed by atoms with Crippen LogP contribution in [0.5, 0.6) is 0 Å². The molecule has 0 aliphatic heterocycles. The van der Waals surface area contributed by atoms with Crippen LogP contribution in [-0.4, -0.2) is 20.4 Å². The summed E-state index contributed by atoms with van der Waals surface area (Å²) in [5.41, 5.74) is 14.1. The van der Waals surface area contributed by atoms with Gasteiger partial charge in [0, 0.05) is 75.9 Å². The first-order valence-electron chi connectivity index (χ1n) is 30.4. The lowest BCUT2D eigenvalue weighted by Crippen LogP contribution is -2.67. The van der Waals surface area contributed by atoms with Crippen LogP contribution in [0.25, 0.3) is 76.2 Å². The van der Waals surface area contributed by atoms with E-state index in [-0.39, 0.29) is 54.1 Å². The van der Waals surface area contributed by atoms with E-state index in [0.29, 0.717) is 11.6 Å². The smallest absolute Gasteiger partial charge is 0.169 e. The largest absolute Gasteiger partial charge is 0.308 e. The molecule has 4 heterocycles. The summed E-state index contributed by atoms with van der Waals surface area (Å²) in [6.45, 7) is 33.3.